The molecule has 0 bridgehead atoms. The molecule has 0 spiro atoms. The maximum Gasteiger partial charge on any atom is 0.274 e. The van der Waals surface area contributed by atoms with E-state index in [0.717, 1.165) is 16.3 Å². The molecule has 9 nitrogen and oxygen atoms in total. The van der Waals surface area contributed by atoms with E-state index in [1.54, 1.807) is 30.3 Å². The summed E-state index contributed by atoms with van der Waals surface area (Å²) in [6, 6.07) is 24.5. The zero-order valence-corrected chi connectivity index (χ0v) is 23.6. The first-order valence-corrected chi connectivity index (χ1v) is 14.4. The Balaban J connectivity index is 1.02. The Kier molecular flexibility index (Phi) is 7.01. The first-order chi connectivity index (χ1) is 21.5. The number of fused-ring (bicyclic) bond motifs is 1. The lowest BCUT2D eigenvalue weighted by Crippen LogP contribution is -2.41. The number of carbonyl (C=O) groups is 2. The standard InChI is InChI=1S/C34H26FN5O4/c35-23-15-13-21(14-16-23)20-28-24-8-1-2-9-25(24)34(43)40(38-28)19-17-30-37-36-29(44-30)12-5-18-39-32(41)26-10-3-6-22-7-4-11-27(31(22)26)33(39)42/h1-4,6-11,13-16H,5,12,17-20H2. The number of imide groups is 1. The Bertz CT molecular complexity index is 2070. The molecule has 0 unspecified atom stereocenters. The van der Waals surface area contributed by atoms with Gasteiger partial charge in [-0.2, -0.15) is 5.10 Å². The summed E-state index contributed by atoms with van der Waals surface area (Å²) in [5.74, 6) is -0.189. The van der Waals surface area contributed by atoms with Crippen LogP contribution in [0.15, 0.2) is 94.1 Å². The fourth-order valence-corrected chi connectivity index (χ4v) is 5.75. The van der Waals surface area contributed by atoms with Gasteiger partial charge in [0.25, 0.3) is 17.4 Å². The highest BCUT2D eigenvalue weighted by molar-refractivity contribution is 6.25. The number of aryl methyl sites for hydroxylation is 3. The quantitative estimate of drug-likeness (QED) is 0.216. The fourth-order valence-electron chi connectivity index (χ4n) is 5.75. The molecule has 2 aromatic heterocycles. The largest absolute Gasteiger partial charge is 0.425 e. The molecule has 0 N–H and O–H groups in total. The van der Waals surface area contributed by atoms with E-state index in [-0.39, 0.29) is 42.7 Å². The van der Waals surface area contributed by atoms with Crippen molar-refractivity contribution in [2.75, 3.05) is 6.54 Å². The molecule has 6 aromatic rings. The third-order valence-corrected chi connectivity index (χ3v) is 7.90. The van der Waals surface area contributed by atoms with Crippen LogP contribution in [0, 0.1) is 5.82 Å². The van der Waals surface area contributed by atoms with Crippen LogP contribution in [0.3, 0.4) is 0 Å². The lowest BCUT2D eigenvalue weighted by molar-refractivity contribution is 0.0608. The van der Waals surface area contributed by atoms with Gasteiger partial charge in [0.15, 0.2) is 0 Å². The van der Waals surface area contributed by atoms with E-state index >= 15 is 0 Å². The van der Waals surface area contributed by atoms with Crippen LogP contribution in [0.5, 0.6) is 0 Å². The highest BCUT2D eigenvalue weighted by atomic mass is 19.1. The van der Waals surface area contributed by atoms with E-state index in [9.17, 15) is 18.8 Å². The lowest BCUT2D eigenvalue weighted by Gasteiger charge is -2.27. The van der Waals surface area contributed by atoms with E-state index in [1.807, 2.05) is 42.5 Å². The van der Waals surface area contributed by atoms with Crippen LogP contribution in [-0.4, -0.2) is 43.2 Å². The lowest BCUT2D eigenvalue weighted by atomic mass is 9.94. The number of hydrogen-bond acceptors (Lipinski definition) is 7. The van der Waals surface area contributed by atoms with Crippen LogP contribution in [0.1, 0.15) is 50.2 Å². The molecule has 4 aromatic carbocycles. The van der Waals surface area contributed by atoms with E-state index in [1.165, 1.54) is 21.7 Å². The van der Waals surface area contributed by atoms with Crippen LogP contribution < -0.4 is 5.56 Å². The second-order valence-electron chi connectivity index (χ2n) is 10.7. The smallest absolute Gasteiger partial charge is 0.274 e. The van der Waals surface area contributed by atoms with Gasteiger partial charge in [-0.25, -0.2) is 9.07 Å². The minimum Gasteiger partial charge on any atom is -0.425 e. The number of halogens is 1. The third kappa shape index (κ3) is 5.04. The van der Waals surface area contributed by atoms with Gasteiger partial charge >= 0.3 is 0 Å². The van der Waals surface area contributed by atoms with Crippen molar-refractivity contribution in [3.8, 4) is 0 Å². The number of rotatable bonds is 9. The number of nitrogens with zero attached hydrogens (tertiary/aromatic N) is 5. The van der Waals surface area contributed by atoms with Gasteiger partial charge in [0, 0.05) is 47.7 Å². The molecular formula is C34H26FN5O4. The molecule has 0 saturated carbocycles. The number of amides is 2. The number of aromatic nitrogens is 4. The minimum atomic E-state index is -0.312. The van der Waals surface area contributed by atoms with Gasteiger partial charge in [-0.1, -0.05) is 54.6 Å². The van der Waals surface area contributed by atoms with Crippen molar-refractivity contribution >= 4 is 33.4 Å². The minimum absolute atomic E-state index is 0.216. The van der Waals surface area contributed by atoms with Gasteiger partial charge in [-0.05, 0) is 47.7 Å². The molecule has 3 heterocycles. The monoisotopic (exact) mass is 587 g/mol. The van der Waals surface area contributed by atoms with Crippen molar-refractivity contribution in [3.05, 3.63) is 135 Å². The molecule has 1 aliphatic rings. The molecule has 0 atom stereocenters. The van der Waals surface area contributed by atoms with Gasteiger partial charge in [0.05, 0.1) is 17.6 Å². The summed E-state index contributed by atoms with van der Waals surface area (Å²) in [5, 5.41) is 15.8. The molecule has 218 valence electrons. The van der Waals surface area contributed by atoms with Gasteiger partial charge in [-0.3, -0.25) is 19.3 Å². The Labute approximate surface area is 250 Å². The van der Waals surface area contributed by atoms with Gasteiger partial charge < -0.3 is 4.42 Å². The van der Waals surface area contributed by atoms with E-state index in [2.05, 4.69) is 15.3 Å². The van der Waals surface area contributed by atoms with Crippen LogP contribution in [-0.2, 0) is 25.8 Å². The fraction of sp³-hybridized carbons (Fsp3) is 0.176. The normalized spacial score (nSPS) is 12.9. The second kappa shape index (κ2) is 11.3. The molecule has 1 aliphatic heterocycles. The average molecular weight is 588 g/mol. The third-order valence-electron chi connectivity index (χ3n) is 7.90. The molecular weight excluding hydrogens is 561 g/mol. The highest BCUT2D eigenvalue weighted by Gasteiger charge is 2.32. The van der Waals surface area contributed by atoms with Crippen LogP contribution in [0.4, 0.5) is 4.39 Å². The Morgan fingerprint density at radius 1 is 0.705 bits per heavy atom. The summed E-state index contributed by atoms with van der Waals surface area (Å²) in [5.41, 5.74) is 2.41. The molecule has 7 rings (SSSR count). The maximum absolute atomic E-state index is 13.4. The topological polar surface area (TPSA) is 111 Å². The zero-order valence-electron chi connectivity index (χ0n) is 23.6. The van der Waals surface area contributed by atoms with Crippen LogP contribution in [0.2, 0.25) is 0 Å². The van der Waals surface area contributed by atoms with Crippen molar-refractivity contribution in [1.82, 2.24) is 24.9 Å². The van der Waals surface area contributed by atoms with Crippen molar-refractivity contribution in [2.24, 2.45) is 0 Å². The van der Waals surface area contributed by atoms with Crippen LogP contribution >= 0.6 is 0 Å². The Morgan fingerprint density at radius 2 is 1.36 bits per heavy atom. The summed E-state index contributed by atoms with van der Waals surface area (Å²) >= 11 is 0. The first-order valence-electron chi connectivity index (χ1n) is 14.4. The maximum atomic E-state index is 13.4. The second-order valence-corrected chi connectivity index (χ2v) is 10.7. The van der Waals surface area contributed by atoms with Crippen molar-refractivity contribution < 1.29 is 18.4 Å². The molecule has 0 saturated heterocycles. The van der Waals surface area contributed by atoms with E-state index < -0.39 is 0 Å². The Hall–Kier alpha value is -5.51. The summed E-state index contributed by atoms with van der Waals surface area (Å²) in [4.78, 5) is 40.8. The van der Waals surface area contributed by atoms with Crippen molar-refractivity contribution in [3.63, 3.8) is 0 Å². The Morgan fingerprint density at radius 3 is 2.07 bits per heavy atom. The first kappa shape index (κ1) is 27.3. The number of carbonyl (C=O) groups excluding carboxylic acids is 2. The SMILES string of the molecule is O=C1c2cccc3cccc(c23)C(=O)N1CCCc1nnc(CCn2nc(Cc3ccc(F)cc3)c3ccccc3c2=O)o1. The van der Waals surface area contributed by atoms with Crippen molar-refractivity contribution in [2.45, 2.75) is 32.2 Å². The average Bonchev–Trinajstić information content (AvgIpc) is 3.50. The van der Waals surface area contributed by atoms with E-state index in [4.69, 9.17) is 4.42 Å². The number of hydrogen-bond donors (Lipinski definition) is 0. The summed E-state index contributed by atoms with van der Waals surface area (Å²) in [6.45, 7) is 0.441. The predicted molar refractivity (Wildman–Crippen MR) is 161 cm³/mol. The molecule has 0 aliphatic carbocycles. The molecule has 0 fully saturated rings. The van der Waals surface area contributed by atoms with Gasteiger partial charge in [-0.15, -0.1) is 10.2 Å². The molecule has 44 heavy (non-hydrogen) atoms. The van der Waals surface area contributed by atoms with Gasteiger partial charge in [0.1, 0.15) is 5.82 Å². The summed E-state index contributed by atoms with van der Waals surface area (Å²) in [6.07, 6.45) is 1.56. The predicted octanol–water partition coefficient (Wildman–Crippen LogP) is 5.13. The number of benzene rings is 4. The zero-order chi connectivity index (χ0) is 30.2. The summed E-state index contributed by atoms with van der Waals surface area (Å²) < 4.78 is 20.6. The van der Waals surface area contributed by atoms with E-state index in [0.29, 0.717) is 58.6 Å². The summed E-state index contributed by atoms with van der Waals surface area (Å²) in [7, 11) is 0. The van der Waals surface area contributed by atoms with Gasteiger partial charge in [0.2, 0.25) is 11.8 Å². The molecule has 2 amide bonds. The van der Waals surface area contributed by atoms with Crippen LogP contribution in [0.25, 0.3) is 21.5 Å². The van der Waals surface area contributed by atoms with Crippen molar-refractivity contribution in [1.29, 1.82) is 0 Å². The molecule has 10 heteroatoms. The highest BCUT2D eigenvalue weighted by Crippen LogP contribution is 2.30. The molecule has 0 radical (unpaired) electrons.